The first-order valence-corrected chi connectivity index (χ1v) is 11.0. The largest absolute Gasteiger partial charge is 0.493 e. The quantitative estimate of drug-likeness (QED) is 0.759. The summed E-state index contributed by atoms with van der Waals surface area (Å²) >= 11 is 0. The molecule has 1 N–H and O–H groups in total. The van der Waals surface area contributed by atoms with Crippen LogP contribution in [0.5, 0.6) is 5.75 Å². The van der Waals surface area contributed by atoms with Crippen molar-refractivity contribution in [3.05, 3.63) is 47.5 Å². The Morgan fingerprint density at radius 1 is 1.11 bits per heavy atom. The lowest BCUT2D eigenvalue weighted by molar-refractivity contribution is -0.117. The van der Waals surface area contributed by atoms with Gasteiger partial charge in [0.2, 0.25) is 5.91 Å². The Bertz CT molecular complexity index is 986. The molecule has 1 aliphatic rings. The maximum Gasteiger partial charge on any atom is 0.261 e. The van der Waals surface area contributed by atoms with E-state index in [-0.39, 0.29) is 10.8 Å². The number of sulfonamides is 1. The van der Waals surface area contributed by atoms with Gasteiger partial charge in [-0.1, -0.05) is 6.92 Å². The summed E-state index contributed by atoms with van der Waals surface area (Å²) in [4.78, 5) is 13.9. The van der Waals surface area contributed by atoms with E-state index in [0.29, 0.717) is 31.0 Å². The standard InChI is InChI=1S/C21H26N2O4S/c1-4-12-27-20-10-8-18(14-16(20)3)28(25,26)22-17-7-9-19(15(2)13-17)23-11-5-6-21(23)24/h7-10,13-14,22H,4-6,11-12H2,1-3H3. The minimum absolute atomic E-state index is 0.109. The molecule has 1 amide bonds. The van der Waals surface area contributed by atoms with Crippen LogP contribution in [0.25, 0.3) is 0 Å². The third-order valence-corrected chi connectivity index (χ3v) is 6.11. The number of hydrogen-bond acceptors (Lipinski definition) is 4. The van der Waals surface area contributed by atoms with Crippen LogP contribution in [0, 0.1) is 13.8 Å². The van der Waals surface area contributed by atoms with Gasteiger partial charge in [-0.3, -0.25) is 9.52 Å². The molecule has 28 heavy (non-hydrogen) atoms. The van der Waals surface area contributed by atoms with Gasteiger partial charge in [0.1, 0.15) is 5.75 Å². The van der Waals surface area contributed by atoms with Crippen LogP contribution >= 0.6 is 0 Å². The molecule has 1 fully saturated rings. The van der Waals surface area contributed by atoms with Crippen molar-refractivity contribution in [1.29, 1.82) is 0 Å². The van der Waals surface area contributed by atoms with Crippen molar-refractivity contribution in [2.45, 2.75) is 44.9 Å². The van der Waals surface area contributed by atoms with Crippen molar-refractivity contribution in [3.63, 3.8) is 0 Å². The predicted molar refractivity (Wildman–Crippen MR) is 111 cm³/mol. The minimum atomic E-state index is -3.72. The number of benzene rings is 2. The number of amides is 1. The summed E-state index contributed by atoms with van der Waals surface area (Å²) in [5.74, 6) is 0.800. The first-order valence-electron chi connectivity index (χ1n) is 9.49. The second kappa shape index (κ2) is 8.22. The summed E-state index contributed by atoms with van der Waals surface area (Å²) in [7, 11) is -3.72. The van der Waals surface area contributed by atoms with Crippen molar-refractivity contribution in [2.75, 3.05) is 22.8 Å². The lowest BCUT2D eigenvalue weighted by Gasteiger charge is -2.19. The molecule has 0 saturated carbocycles. The Kier molecular flexibility index (Phi) is 5.93. The van der Waals surface area contributed by atoms with Crippen LogP contribution in [-0.2, 0) is 14.8 Å². The number of carbonyl (C=O) groups is 1. The van der Waals surface area contributed by atoms with Gasteiger partial charge in [-0.2, -0.15) is 0 Å². The number of carbonyl (C=O) groups excluding carboxylic acids is 1. The number of anilines is 2. The predicted octanol–water partition coefficient (Wildman–Crippen LogP) is 4.02. The molecule has 2 aromatic rings. The Labute approximate surface area is 166 Å². The van der Waals surface area contributed by atoms with E-state index in [4.69, 9.17) is 4.74 Å². The molecule has 150 valence electrons. The van der Waals surface area contributed by atoms with E-state index >= 15 is 0 Å². The second-order valence-corrected chi connectivity index (χ2v) is 8.71. The van der Waals surface area contributed by atoms with Gasteiger partial charge in [-0.25, -0.2) is 8.42 Å². The van der Waals surface area contributed by atoms with Crippen molar-refractivity contribution in [1.82, 2.24) is 0 Å². The van der Waals surface area contributed by atoms with Crippen LogP contribution < -0.4 is 14.4 Å². The Hall–Kier alpha value is -2.54. The number of hydrogen-bond donors (Lipinski definition) is 1. The highest BCUT2D eigenvalue weighted by molar-refractivity contribution is 7.92. The van der Waals surface area contributed by atoms with Gasteiger partial charge in [0.25, 0.3) is 10.0 Å². The van der Waals surface area contributed by atoms with Crippen LogP contribution in [0.2, 0.25) is 0 Å². The third kappa shape index (κ3) is 4.30. The minimum Gasteiger partial charge on any atom is -0.493 e. The molecule has 0 atom stereocenters. The summed E-state index contributed by atoms with van der Waals surface area (Å²) in [6.07, 6.45) is 2.30. The van der Waals surface area contributed by atoms with E-state index in [9.17, 15) is 13.2 Å². The highest BCUT2D eigenvalue weighted by atomic mass is 32.2. The van der Waals surface area contributed by atoms with E-state index < -0.39 is 10.0 Å². The normalized spacial score (nSPS) is 14.4. The van der Waals surface area contributed by atoms with Gasteiger partial charge in [0.15, 0.2) is 0 Å². The van der Waals surface area contributed by atoms with Gasteiger partial charge in [0, 0.05) is 24.3 Å². The molecule has 6 nitrogen and oxygen atoms in total. The maximum atomic E-state index is 12.8. The van der Waals surface area contributed by atoms with Crippen molar-refractivity contribution >= 4 is 27.3 Å². The molecule has 7 heteroatoms. The Morgan fingerprint density at radius 2 is 1.89 bits per heavy atom. The Morgan fingerprint density at radius 3 is 2.50 bits per heavy atom. The first-order chi connectivity index (χ1) is 13.3. The summed E-state index contributed by atoms with van der Waals surface area (Å²) in [6, 6.07) is 10.1. The summed E-state index contributed by atoms with van der Waals surface area (Å²) in [5, 5.41) is 0. The number of ether oxygens (including phenoxy) is 1. The molecular weight excluding hydrogens is 376 g/mol. The van der Waals surface area contributed by atoms with Gasteiger partial charge in [-0.05, 0) is 74.2 Å². The Balaban J connectivity index is 1.79. The lowest BCUT2D eigenvalue weighted by Crippen LogP contribution is -2.24. The molecule has 1 aliphatic heterocycles. The topological polar surface area (TPSA) is 75.7 Å². The zero-order chi connectivity index (χ0) is 20.3. The summed E-state index contributed by atoms with van der Waals surface area (Å²) in [6.45, 7) is 7.02. The maximum absolute atomic E-state index is 12.8. The van der Waals surface area contributed by atoms with E-state index in [1.165, 1.54) is 0 Å². The first kappa shape index (κ1) is 20.2. The number of nitrogens with zero attached hydrogens (tertiary/aromatic N) is 1. The van der Waals surface area contributed by atoms with Crippen molar-refractivity contribution in [2.24, 2.45) is 0 Å². The molecule has 0 aliphatic carbocycles. The molecule has 0 aromatic heterocycles. The molecule has 3 rings (SSSR count). The molecule has 1 heterocycles. The highest BCUT2D eigenvalue weighted by Gasteiger charge is 2.23. The average molecular weight is 403 g/mol. The summed E-state index contributed by atoms with van der Waals surface area (Å²) < 4.78 is 33.8. The SMILES string of the molecule is CCCOc1ccc(S(=O)(=O)Nc2ccc(N3CCCC3=O)c(C)c2)cc1C. The highest BCUT2D eigenvalue weighted by Crippen LogP contribution is 2.29. The monoisotopic (exact) mass is 402 g/mol. The number of rotatable bonds is 7. The molecule has 2 aromatic carbocycles. The number of aryl methyl sites for hydroxylation is 2. The lowest BCUT2D eigenvalue weighted by atomic mass is 10.1. The van der Waals surface area contributed by atoms with Crippen molar-refractivity contribution in [3.8, 4) is 5.75 Å². The van der Waals surface area contributed by atoms with Crippen LogP contribution in [0.15, 0.2) is 41.3 Å². The third-order valence-electron chi connectivity index (χ3n) is 4.73. The fraction of sp³-hybridized carbons (Fsp3) is 0.381. The molecule has 0 spiro atoms. The van der Waals surface area contributed by atoms with Gasteiger partial charge < -0.3 is 9.64 Å². The zero-order valence-electron chi connectivity index (χ0n) is 16.5. The second-order valence-electron chi connectivity index (χ2n) is 7.03. The van der Waals surface area contributed by atoms with E-state index in [0.717, 1.165) is 29.7 Å². The fourth-order valence-electron chi connectivity index (χ4n) is 3.30. The zero-order valence-corrected chi connectivity index (χ0v) is 17.3. The van der Waals surface area contributed by atoms with Gasteiger partial charge >= 0.3 is 0 Å². The van der Waals surface area contributed by atoms with Crippen LogP contribution in [0.3, 0.4) is 0 Å². The molecule has 0 unspecified atom stereocenters. The smallest absolute Gasteiger partial charge is 0.261 e. The average Bonchev–Trinajstić information content (AvgIpc) is 3.06. The van der Waals surface area contributed by atoms with E-state index in [2.05, 4.69) is 4.72 Å². The molecular formula is C21H26N2O4S. The van der Waals surface area contributed by atoms with Crippen LogP contribution in [0.4, 0.5) is 11.4 Å². The number of nitrogens with one attached hydrogen (secondary N) is 1. The fourth-order valence-corrected chi connectivity index (χ4v) is 4.44. The van der Waals surface area contributed by atoms with Crippen LogP contribution in [0.1, 0.15) is 37.3 Å². The van der Waals surface area contributed by atoms with E-state index in [1.807, 2.05) is 20.8 Å². The molecule has 0 bridgehead atoms. The van der Waals surface area contributed by atoms with Gasteiger partial charge in [0.05, 0.1) is 11.5 Å². The van der Waals surface area contributed by atoms with Crippen molar-refractivity contribution < 1.29 is 17.9 Å². The molecule has 1 saturated heterocycles. The molecule has 0 radical (unpaired) electrons. The van der Waals surface area contributed by atoms with E-state index in [1.54, 1.807) is 41.3 Å². The van der Waals surface area contributed by atoms with Crippen LogP contribution in [-0.4, -0.2) is 27.5 Å². The van der Waals surface area contributed by atoms with Gasteiger partial charge in [-0.15, -0.1) is 0 Å². The summed E-state index contributed by atoms with van der Waals surface area (Å²) in [5.41, 5.74) is 2.93.